The number of carbonyl (C=O) groups is 4. The van der Waals surface area contributed by atoms with Gasteiger partial charge in [0, 0.05) is 5.69 Å². The van der Waals surface area contributed by atoms with Crippen LogP contribution in [-0.4, -0.2) is 43.6 Å². The maximum absolute atomic E-state index is 12.9. The lowest BCUT2D eigenvalue weighted by Crippen LogP contribution is -2.33. The zero-order chi connectivity index (χ0) is 32.9. The van der Waals surface area contributed by atoms with Gasteiger partial charge >= 0.3 is 17.8 Å². The highest BCUT2D eigenvalue weighted by Gasteiger charge is 2.18. The number of para-hydroxylation sites is 1. The molecule has 3 amide bonds. The Morgan fingerprint density at radius 1 is 0.826 bits per heavy atom. The summed E-state index contributed by atoms with van der Waals surface area (Å²) in [4.78, 5) is 50.5. The third-order valence-corrected chi connectivity index (χ3v) is 6.53. The molecular weight excluding hydrogens is 588 g/mol. The number of nitrogens with zero attached hydrogens (tertiary/aromatic N) is 1. The molecule has 0 atom stereocenters. The normalized spacial score (nSPS) is 10.6. The number of ether oxygens (including phenoxy) is 3. The van der Waals surface area contributed by atoms with E-state index in [4.69, 9.17) is 14.2 Å². The molecule has 0 radical (unpaired) electrons. The highest BCUT2D eigenvalue weighted by Crippen LogP contribution is 2.28. The van der Waals surface area contributed by atoms with Crippen molar-refractivity contribution in [3.63, 3.8) is 0 Å². The van der Waals surface area contributed by atoms with Gasteiger partial charge in [0.05, 0.1) is 36.7 Å². The minimum Gasteiger partial charge on any atom is -0.494 e. The highest BCUT2D eigenvalue weighted by atomic mass is 16.6. The number of hydrogen-bond acceptors (Lipinski definition) is 8. The van der Waals surface area contributed by atoms with E-state index < -0.39 is 23.7 Å². The van der Waals surface area contributed by atoms with Gasteiger partial charge in [-0.3, -0.25) is 14.4 Å². The highest BCUT2D eigenvalue weighted by molar-refractivity contribution is 6.40. The number of nitrogens with one attached hydrogen (secondary N) is 3. The van der Waals surface area contributed by atoms with Crippen molar-refractivity contribution in [2.24, 2.45) is 5.10 Å². The molecule has 46 heavy (non-hydrogen) atoms. The van der Waals surface area contributed by atoms with E-state index in [2.05, 4.69) is 28.1 Å². The van der Waals surface area contributed by atoms with Crippen LogP contribution in [0, 0.1) is 6.92 Å². The van der Waals surface area contributed by atoms with Gasteiger partial charge in [-0.15, -0.1) is 0 Å². The SMILES string of the molecule is CCCCOc1ccc(C(=O)Oc2ccc(C=NNC(=O)C(=O)Nc3ccccc3C(=O)Nc3cccc(C)c3)cc2OC)cc1. The van der Waals surface area contributed by atoms with E-state index in [1.807, 2.05) is 25.1 Å². The maximum atomic E-state index is 12.9. The summed E-state index contributed by atoms with van der Waals surface area (Å²) in [6.45, 7) is 4.59. The molecule has 0 saturated heterocycles. The van der Waals surface area contributed by atoms with E-state index in [0.717, 1.165) is 18.4 Å². The van der Waals surface area contributed by atoms with Crippen LogP contribution in [0.15, 0.2) is 96.1 Å². The average molecular weight is 623 g/mol. The molecule has 236 valence electrons. The first-order chi connectivity index (χ1) is 22.3. The lowest BCUT2D eigenvalue weighted by Gasteiger charge is -2.11. The Bertz CT molecular complexity index is 1740. The average Bonchev–Trinajstić information content (AvgIpc) is 3.06. The summed E-state index contributed by atoms with van der Waals surface area (Å²) in [5, 5.41) is 9.06. The molecule has 0 bridgehead atoms. The Morgan fingerprint density at radius 3 is 2.35 bits per heavy atom. The summed E-state index contributed by atoms with van der Waals surface area (Å²) < 4.78 is 16.5. The summed E-state index contributed by atoms with van der Waals surface area (Å²) in [6, 6.07) is 24.9. The van der Waals surface area contributed by atoms with Gasteiger partial charge in [-0.05, 0) is 91.2 Å². The van der Waals surface area contributed by atoms with Crippen LogP contribution in [0.1, 0.15) is 51.6 Å². The number of amides is 3. The van der Waals surface area contributed by atoms with Gasteiger partial charge in [0.1, 0.15) is 5.75 Å². The van der Waals surface area contributed by atoms with Crippen molar-refractivity contribution in [3.05, 3.63) is 113 Å². The predicted octanol–water partition coefficient (Wildman–Crippen LogP) is 5.74. The van der Waals surface area contributed by atoms with Crippen LogP contribution in [0.4, 0.5) is 11.4 Å². The number of aryl methyl sites for hydroxylation is 1. The van der Waals surface area contributed by atoms with Gasteiger partial charge in [-0.1, -0.05) is 37.6 Å². The monoisotopic (exact) mass is 622 g/mol. The van der Waals surface area contributed by atoms with Crippen LogP contribution in [0.2, 0.25) is 0 Å². The van der Waals surface area contributed by atoms with Crippen LogP contribution in [0.5, 0.6) is 17.2 Å². The Kier molecular flexibility index (Phi) is 11.6. The third kappa shape index (κ3) is 9.26. The van der Waals surface area contributed by atoms with Gasteiger partial charge in [-0.2, -0.15) is 5.10 Å². The molecular formula is C35H34N4O7. The number of esters is 1. The Morgan fingerprint density at radius 2 is 1.61 bits per heavy atom. The van der Waals surface area contributed by atoms with Gasteiger partial charge in [0.2, 0.25) is 0 Å². The molecule has 4 aromatic carbocycles. The van der Waals surface area contributed by atoms with Crippen molar-refractivity contribution in [1.29, 1.82) is 0 Å². The zero-order valence-electron chi connectivity index (χ0n) is 25.7. The second kappa shape index (κ2) is 16.2. The molecule has 0 fully saturated rings. The maximum Gasteiger partial charge on any atom is 0.343 e. The van der Waals surface area contributed by atoms with Crippen molar-refractivity contribution in [2.75, 3.05) is 24.4 Å². The number of rotatable bonds is 12. The molecule has 11 heteroatoms. The summed E-state index contributed by atoms with van der Waals surface area (Å²) in [5.41, 5.74) is 4.88. The Hall–Kier alpha value is -5.97. The molecule has 0 unspecified atom stereocenters. The fourth-order valence-corrected chi connectivity index (χ4v) is 4.14. The fraction of sp³-hybridized carbons (Fsp3) is 0.171. The summed E-state index contributed by atoms with van der Waals surface area (Å²) in [5.74, 6) is -2.00. The van der Waals surface area contributed by atoms with Crippen LogP contribution >= 0.6 is 0 Å². The molecule has 0 spiro atoms. The molecule has 0 aliphatic carbocycles. The Labute approximate surface area is 266 Å². The van der Waals surface area contributed by atoms with Gasteiger partial charge in [-0.25, -0.2) is 10.2 Å². The number of unbranched alkanes of at least 4 members (excludes halogenated alkanes) is 1. The first-order valence-electron chi connectivity index (χ1n) is 14.5. The zero-order valence-corrected chi connectivity index (χ0v) is 25.7. The van der Waals surface area contributed by atoms with E-state index in [0.29, 0.717) is 29.2 Å². The van der Waals surface area contributed by atoms with Crippen molar-refractivity contribution in [1.82, 2.24) is 5.43 Å². The standard InChI is InChI=1S/C35H34N4O7/c1-4-5-19-45-27-16-14-25(15-17-27)35(43)46-30-18-13-24(21-31(30)44-3)22-36-39-34(42)33(41)38-29-12-7-6-11-28(29)32(40)37-26-10-8-9-23(2)20-26/h6-18,20-22H,4-5,19H2,1-3H3,(H,37,40)(H,38,41)(H,39,42). The molecule has 0 heterocycles. The number of anilines is 2. The quantitative estimate of drug-likeness (QED) is 0.0456. The first kappa shape index (κ1) is 32.9. The Balaban J connectivity index is 1.33. The molecule has 3 N–H and O–H groups in total. The first-order valence-corrected chi connectivity index (χ1v) is 14.5. The van der Waals surface area contributed by atoms with Crippen LogP contribution < -0.4 is 30.3 Å². The number of methoxy groups -OCH3 is 1. The molecule has 11 nitrogen and oxygen atoms in total. The molecule has 0 aromatic heterocycles. The summed E-state index contributed by atoms with van der Waals surface area (Å²) in [6.07, 6.45) is 3.26. The third-order valence-electron chi connectivity index (χ3n) is 6.53. The lowest BCUT2D eigenvalue weighted by atomic mass is 10.1. The van der Waals surface area contributed by atoms with E-state index in [1.54, 1.807) is 54.6 Å². The van der Waals surface area contributed by atoms with Gasteiger partial charge in [0.25, 0.3) is 5.91 Å². The fourth-order valence-electron chi connectivity index (χ4n) is 4.14. The summed E-state index contributed by atoms with van der Waals surface area (Å²) in [7, 11) is 1.42. The van der Waals surface area contributed by atoms with E-state index >= 15 is 0 Å². The van der Waals surface area contributed by atoms with E-state index in [-0.39, 0.29) is 22.7 Å². The topological polar surface area (TPSA) is 144 Å². The van der Waals surface area contributed by atoms with Crippen molar-refractivity contribution in [2.45, 2.75) is 26.7 Å². The largest absolute Gasteiger partial charge is 0.494 e. The van der Waals surface area contributed by atoms with Crippen molar-refractivity contribution >= 4 is 41.3 Å². The van der Waals surface area contributed by atoms with Crippen molar-refractivity contribution in [3.8, 4) is 17.2 Å². The molecule has 4 aromatic rings. The summed E-state index contributed by atoms with van der Waals surface area (Å²) >= 11 is 0. The van der Waals surface area contributed by atoms with Gasteiger partial charge in [0.15, 0.2) is 11.5 Å². The molecule has 0 aliphatic rings. The number of carbonyl (C=O) groups excluding carboxylic acids is 4. The van der Waals surface area contributed by atoms with E-state index in [9.17, 15) is 19.2 Å². The number of hydrazone groups is 1. The van der Waals surface area contributed by atoms with Crippen LogP contribution in [-0.2, 0) is 9.59 Å². The number of hydrogen-bond donors (Lipinski definition) is 3. The smallest absolute Gasteiger partial charge is 0.343 e. The molecule has 0 saturated carbocycles. The predicted molar refractivity (Wildman–Crippen MR) is 175 cm³/mol. The number of benzene rings is 4. The minimum absolute atomic E-state index is 0.155. The second-order valence-electron chi connectivity index (χ2n) is 10.0. The lowest BCUT2D eigenvalue weighted by molar-refractivity contribution is -0.136. The molecule has 4 rings (SSSR count). The van der Waals surface area contributed by atoms with Crippen LogP contribution in [0.25, 0.3) is 0 Å². The van der Waals surface area contributed by atoms with Crippen LogP contribution in [0.3, 0.4) is 0 Å². The molecule has 0 aliphatic heterocycles. The minimum atomic E-state index is -1.05. The second-order valence-corrected chi connectivity index (χ2v) is 10.0. The van der Waals surface area contributed by atoms with Crippen molar-refractivity contribution < 1.29 is 33.4 Å². The van der Waals surface area contributed by atoms with E-state index in [1.165, 1.54) is 31.5 Å². The van der Waals surface area contributed by atoms with Gasteiger partial charge < -0.3 is 24.8 Å².